The molecule has 0 amide bonds. The summed E-state index contributed by atoms with van der Waals surface area (Å²) in [6.45, 7) is 6.23. The second-order valence-electron chi connectivity index (χ2n) is 7.44. The molecule has 4 fully saturated rings. The molecule has 2 heterocycles. The van der Waals surface area contributed by atoms with Crippen LogP contribution in [0.1, 0.15) is 58.8 Å². The van der Waals surface area contributed by atoms with E-state index in [4.69, 9.17) is 14.2 Å². The van der Waals surface area contributed by atoms with Gasteiger partial charge in [0.05, 0.1) is 25.4 Å². The van der Waals surface area contributed by atoms with Crippen molar-refractivity contribution in [2.24, 2.45) is 17.3 Å². The van der Waals surface area contributed by atoms with Gasteiger partial charge in [-0.1, -0.05) is 39.5 Å². The topological polar surface area (TPSA) is 31.0 Å². The van der Waals surface area contributed by atoms with Crippen LogP contribution in [0, 0.1) is 17.3 Å². The summed E-state index contributed by atoms with van der Waals surface area (Å²) in [5.41, 5.74) is 0.205. The van der Waals surface area contributed by atoms with E-state index in [1.54, 1.807) is 0 Å². The van der Waals surface area contributed by atoms with E-state index in [1.165, 1.54) is 44.9 Å². The SMILES string of the molecule is CCCCCCC1C2C3OC3CCC2(C)C12OCCO2. The molecule has 0 radical (unpaired) electrons. The Bertz CT molecular complexity index is 376. The van der Waals surface area contributed by atoms with Gasteiger partial charge in [-0.05, 0) is 19.3 Å². The van der Waals surface area contributed by atoms with Gasteiger partial charge >= 0.3 is 0 Å². The molecule has 3 nitrogen and oxygen atoms in total. The number of ether oxygens (including phenoxy) is 3. The first-order valence-corrected chi connectivity index (χ1v) is 8.66. The van der Waals surface area contributed by atoms with Crippen molar-refractivity contribution in [2.75, 3.05) is 13.2 Å². The second kappa shape index (κ2) is 4.69. The van der Waals surface area contributed by atoms with Crippen LogP contribution < -0.4 is 0 Å². The maximum Gasteiger partial charge on any atom is 0.177 e. The summed E-state index contributed by atoms with van der Waals surface area (Å²) in [6, 6.07) is 0. The molecule has 0 N–H and O–H groups in total. The van der Waals surface area contributed by atoms with Gasteiger partial charge in [0.15, 0.2) is 5.79 Å². The predicted molar refractivity (Wildman–Crippen MR) is 76.4 cm³/mol. The fourth-order valence-electron chi connectivity index (χ4n) is 5.45. The Hall–Kier alpha value is -0.120. The molecule has 5 unspecified atom stereocenters. The molecular weight excluding hydrogens is 252 g/mol. The highest BCUT2D eigenvalue weighted by atomic mass is 16.7. The molecule has 20 heavy (non-hydrogen) atoms. The fraction of sp³-hybridized carbons (Fsp3) is 1.00. The summed E-state index contributed by atoms with van der Waals surface area (Å²) in [7, 11) is 0. The highest BCUT2D eigenvalue weighted by molar-refractivity contribution is 5.21. The summed E-state index contributed by atoms with van der Waals surface area (Å²) in [6.07, 6.45) is 10.1. The number of epoxide rings is 1. The van der Waals surface area contributed by atoms with Gasteiger partial charge in [-0.3, -0.25) is 0 Å². The molecule has 3 heteroatoms. The van der Waals surface area contributed by atoms with E-state index in [0.29, 0.717) is 24.0 Å². The Morgan fingerprint density at radius 1 is 1.10 bits per heavy atom. The van der Waals surface area contributed by atoms with Crippen molar-refractivity contribution in [3.8, 4) is 0 Å². The lowest BCUT2D eigenvalue weighted by Crippen LogP contribution is -2.72. The average molecular weight is 280 g/mol. The van der Waals surface area contributed by atoms with Crippen LogP contribution in [-0.4, -0.2) is 31.2 Å². The molecule has 4 aliphatic rings. The number of rotatable bonds is 5. The van der Waals surface area contributed by atoms with E-state index in [2.05, 4.69) is 13.8 Å². The van der Waals surface area contributed by atoms with Crippen LogP contribution in [0.2, 0.25) is 0 Å². The van der Waals surface area contributed by atoms with Gasteiger partial charge in [0.2, 0.25) is 0 Å². The van der Waals surface area contributed by atoms with E-state index in [0.717, 1.165) is 13.2 Å². The minimum Gasteiger partial charge on any atom is -0.369 e. The molecule has 0 aromatic rings. The predicted octanol–water partition coefficient (Wildman–Crippen LogP) is 3.51. The molecule has 5 atom stereocenters. The highest BCUT2D eigenvalue weighted by Gasteiger charge is 2.78. The first-order chi connectivity index (χ1) is 9.73. The van der Waals surface area contributed by atoms with Crippen LogP contribution in [0.4, 0.5) is 0 Å². The molecule has 114 valence electrons. The first-order valence-electron chi connectivity index (χ1n) is 8.66. The number of hydrogen-bond acceptors (Lipinski definition) is 3. The summed E-state index contributed by atoms with van der Waals surface area (Å²) < 4.78 is 18.3. The van der Waals surface area contributed by atoms with Crippen molar-refractivity contribution in [1.82, 2.24) is 0 Å². The van der Waals surface area contributed by atoms with Gasteiger partial charge in [0.25, 0.3) is 0 Å². The fourth-order valence-corrected chi connectivity index (χ4v) is 5.45. The molecule has 1 spiro atoms. The lowest BCUT2D eigenvalue weighted by atomic mass is 9.44. The van der Waals surface area contributed by atoms with Crippen molar-refractivity contribution >= 4 is 0 Å². The van der Waals surface area contributed by atoms with E-state index in [-0.39, 0.29) is 11.2 Å². The van der Waals surface area contributed by atoms with Gasteiger partial charge in [-0.15, -0.1) is 0 Å². The number of fused-ring (bicyclic) bond motifs is 4. The summed E-state index contributed by atoms with van der Waals surface area (Å²) in [5, 5.41) is 0. The normalized spacial score (nSPS) is 47.7. The average Bonchev–Trinajstić information content (AvgIpc) is 3.01. The summed E-state index contributed by atoms with van der Waals surface area (Å²) >= 11 is 0. The molecule has 2 aliphatic carbocycles. The van der Waals surface area contributed by atoms with Crippen LogP contribution in [0.5, 0.6) is 0 Å². The lowest BCUT2D eigenvalue weighted by Gasteiger charge is -2.66. The van der Waals surface area contributed by atoms with Gasteiger partial charge < -0.3 is 14.2 Å². The van der Waals surface area contributed by atoms with Crippen LogP contribution in [0.15, 0.2) is 0 Å². The molecule has 0 aromatic carbocycles. The Balaban J connectivity index is 1.50. The zero-order valence-corrected chi connectivity index (χ0v) is 12.9. The molecule has 0 aromatic heterocycles. The second-order valence-corrected chi connectivity index (χ2v) is 7.44. The smallest absolute Gasteiger partial charge is 0.177 e. The minimum atomic E-state index is -0.263. The Labute approximate surface area is 122 Å². The molecular formula is C17H28O3. The molecule has 2 saturated heterocycles. The van der Waals surface area contributed by atoms with E-state index in [9.17, 15) is 0 Å². The Morgan fingerprint density at radius 2 is 1.90 bits per heavy atom. The maximum atomic E-state index is 6.21. The van der Waals surface area contributed by atoms with Crippen molar-refractivity contribution in [2.45, 2.75) is 76.8 Å². The molecule has 4 rings (SSSR count). The Kier molecular flexibility index (Phi) is 3.17. The largest absolute Gasteiger partial charge is 0.369 e. The maximum absolute atomic E-state index is 6.21. The first kappa shape index (κ1) is 13.5. The summed E-state index contributed by atoms with van der Waals surface area (Å²) in [5.74, 6) is 0.990. The zero-order chi connectivity index (χ0) is 13.8. The third-order valence-corrected chi connectivity index (χ3v) is 6.46. The van der Waals surface area contributed by atoms with E-state index in [1.807, 2.05) is 0 Å². The van der Waals surface area contributed by atoms with Crippen molar-refractivity contribution in [1.29, 1.82) is 0 Å². The van der Waals surface area contributed by atoms with Crippen LogP contribution in [-0.2, 0) is 14.2 Å². The number of unbranched alkanes of at least 4 members (excludes halogenated alkanes) is 3. The van der Waals surface area contributed by atoms with Gasteiger partial charge in [0, 0.05) is 17.3 Å². The molecule has 2 aliphatic heterocycles. The van der Waals surface area contributed by atoms with Crippen molar-refractivity contribution < 1.29 is 14.2 Å². The van der Waals surface area contributed by atoms with Crippen LogP contribution in [0.25, 0.3) is 0 Å². The summed E-state index contributed by atoms with van der Waals surface area (Å²) in [4.78, 5) is 0. The molecule has 2 saturated carbocycles. The van der Waals surface area contributed by atoms with E-state index < -0.39 is 0 Å². The van der Waals surface area contributed by atoms with Crippen molar-refractivity contribution in [3.63, 3.8) is 0 Å². The van der Waals surface area contributed by atoms with Crippen molar-refractivity contribution in [3.05, 3.63) is 0 Å². The van der Waals surface area contributed by atoms with Gasteiger partial charge in [-0.25, -0.2) is 0 Å². The molecule has 0 bridgehead atoms. The zero-order valence-electron chi connectivity index (χ0n) is 12.9. The third kappa shape index (κ3) is 1.63. The monoisotopic (exact) mass is 280 g/mol. The lowest BCUT2D eigenvalue weighted by molar-refractivity contribution is -0.373. The third-order valence-electron chi connectivity index (χ3n) is 6.46. The quantitative estimate of drug-likeness (QED) is 0.570. The van der Waals surface area contributed by atoms with Crippen LogP contribution in [0.3, 0.4) is 0 Å². The van der Waals surface area contributed by atoms with Gasteiger partial charge in [-0.2, -0.15) is 0 Å². The highest BCUT2D eigenvalue weighted by Crippen LogP contribution is 2.72. The van der Waals surface area contributed by atoms with E-state index >= 15 is 0 Å². The minimum absolute atomic E-state index is 0.205. The standard InChI is InChI=1S/C17H28O3/c1-3-4-5-6-7-12-14-15-13(20-15)8-9-16(14,2)17(12)18-10-11-19-17/h12-15H,3-11H2,1-2H3. The number of hydrogen-bond donors (Lipinski definition) is 0. The van der Waals surface area contributed by atoms with Crippen LogP contribution >= 0.6 is 0 Å². The van der Waals surface area contributed by atoms with Gasteiger partial charge in [0.1, 0.15) is 0 Å². The Morgan fingerprint density at radius 3 is 2.65 bits per heavy atom.